The molecule has 0 spiro atoms. The molecule has 2 rings (SSSR count). The molecule has 1 aliphatic heterocycles. The first kappa shape index (κ1) is 16.3. The van der Waals surface area contributed by atoms with E-state index in [1.165, 1.54) is 6.07 Å². The summed E-state index contributed by atoms with van der Waals surface area (Å²) in [6.45, 7) is 8.46. The summed E-state index contributed by atoms with van der Waals surface area (Å²) >= 11 is 0. The fraction of sp³-hybridized carbons (Fsp3) is 0.643. The molecular formula is C14H21N3O5. The molecule has 0 atom stereocenters. The van der Waals surface area contributed by atoms with Gasteiger partial charge in [-0.1, -0.05) is 5.16 Å². The lowest BCUT2D eigenvalue weighted by Gasteiger charge is -2.35. The third kappa shape index (κ3) is 4.45. The molecule has 0 aliphatic carbocycles. The minimum absolute atomic E-state index is 0.0950. The monoisotopic (exact) mass is 311 g/mol. The second-order valence-corrected chi connectivity index (χ2v) is 6.23. The molecular weight excluding hydrogens is 290 g/mol. The van der Waals surface area contributed by atoms with Crippen LogP contribution in [0.4, 0.5) is 4.79 Å². The van der Waals surface area contributed by atoms with E-state index in [4.69, 9.17) is 14.4 Å². The fourth-order valence-electron chi connectivity index (χ4n) is 2.12. The van der Waals surface area contributed by atoms with Crippen molar-refractivity contribution in [2.45, 2.75) is 32.9 Å². The van der Waals surface area contributed by atoms with Gasteiger partial charge in [-0.3, -0.25) is 4.90 Å². The van der Waals surface area contributed by atoms with Gasteiger partial charge in [0.25, 0.3) is 0 Å². The van der Waals surface area contributed by atoms with E-state index < -0.39 is 11.6 Å². The zero-order valence-corrected chi connectivity index (χ0v) is 13.0. The lowest BCUT2D eigenvalue weighted by molar-refractivity contribution is 0.0133. The third-order valence-electron chi connectivity index (χ3n) is 3.18. The summed E-state index contributed by atoms with van der Waals surface area (Å²) in [6, 6.07) is 1.42. The van der Waals surface area contributed by atoms with Crippen LogP contribution < -0.4 is 0 Å². The Hall–Kier alpha value is -2.09. The van der Waals surface area contributed by atoms with Crippen molar-refractivity contribution in [3.8, 4) is 0 Å². The summed E-state index contributed by atoms with van der Waals surface area (Å²) in [5, 5.41) is 12.3. The van der Waals surface area contributed by atoms with Crippen molar-refractivity contribution in [2.75, 3.05) is 26.2 Å². The number of aromatic nitrogens is 1. The van der Waals surface area contributed by atoms with Gasteiger partial charge in [0.2, 0.25) is 0 Å². The van der Waals surface area contributed by atoms with E-state index >= 15 is 0 Å². The Bertz CT molecular complexity index is 541. The number of carbonyl (C=O) groups excluding carboxylic acids is 1. The predicted octanol–water partition coefficient (Wildman–Crippen LogP) is 1.43. The summed E-state index contributed by atoms with van der Waals surface area (Å²) in [6.07, 6.45) is -0.306. The Morgan fingerprint density at radius 1 is 1.32 bits per heavy atom. The molecule has 1 aromatic rings. The van der Waals surface area contributed by atoms with Crippen LogP contribution in [0.25, 0.3) is 0 Å². The largest absolute Gasteiger partial charge is 0.476 e. The van der Waals surface area contributed by atoms with Gasteiger partial charge in [-0.05, 0) is 20.8 Å². The number of carboxylic acids is 1. The minimum atomic E-state index is -1.11. The molecule has 8 heteroatoms. The van der Waals surface area contributed by atoms with Crippen molar-refractivity contribution in [3.05, 3.63) is 17.5 Å². The lowest BCUT2D eigenvalue weighted by atomic mass is 10.2. The van der Waals surface area contributed by atoms with Crippen LogP contribution in [0.15, 0.2) is 10.6 Å². The summed E-state index contributed by atoms with van der Waals surface area (Å²) in [4.78, 5) is 26.4. The number of rotatable bonds is 3. The molecule has 8 nitrogen and oxygen atoms in total. The summed E-state index contributed by atoms with van der Waals surface area (Å²) < 4.78 is 10.3. The number of carboxylic acid groups (broad SMARTS) is 1. The molecule has 0 bridgehead atoms. The van der Waals surface area contributed by atoms with Gasteiger partial charge >= 0.3 is 12.1 Å². The number of carbonyl (C=O) groups is 2. The van der Waals surface area contributed by atoms with E-state index in [1.54, 1.807) is 4.90 Å². The number of hydrogen-bond donors (Lipinski definition) is 1. The molecule has 122 valence electrons. The predicted molar refractivity (Wildman–Crippen MR) is 76.5 cm³/mol. The first-order valence-corrected chi connectivity index (χ1v) is 7.14. The van der Waals surface area contributed by atoms with Gasteiger partial charge in [0.1, 0.15) is 5.60 Å². The van der Waals surface area contributed by atoms with Crippen LogP contribution >= 0.6 is 0 Å². The van der Waals surface area contributed by atoms with Crippen LogP contribution in [0.3, 0.4) is 0 Å². The quantitative estimate of drug-likeness (QED) is 0.901. The van der Waals surface area contributed by atoms with Gasteiger partial charge in [0, 0.05) is 32.2 Å². The topological polar surface area (TPSA) is 96.1 Å². The van der Waals surface area contributed by atoms with Crippen LogP contribution in [0.2, 0.25) is 0 Å². The SMILES string of the molecule is CC(C)(C)OC(=O)N1CCN(Cc2cc(C(=O)O)no2)CC1. The molecule has 0 radical (unpaired) electrons. The minimum Gasteiger partial charge on any atom is -0.476 e. The molecule has 0 saturated carbocycles. The second kappa shape index (κ2) is 6.35. The molecule has 2 heterocycles. The Balaban J connectivity index is 1.81. The van der Waals surface area contributed by atoms with E-state index in [9.17, 15) is 9.59 Å². The molecule has 1 amide bonds. The number of amides is 1. The molecule has 1 fully saturated rings. The van der Waals surface area contributed by atoms with E-state index in [2.05, 4.69) is 10.1 Å². The van der Waals surface area contributed by atoms with Crippen LogP contribution in [-0.4, -0.2) is 63.9 Å². The number of hydrogen-bond acceptors (Lipinski definition) is 6. The molecule has 22 heavy (non-hydrogen) atoms. The number of nitrogens with zero attached hydrogens (tertiary/aromatic N) is 3. The Morgan fingerprint density at radius 3 is 2.45 bits per heavy atom. The van der Waals surface area contributed by atoms with Crippen molar-refractivity contribution >= 4 is 12.1 Å². The standard InChI is InChI=1S/C14H21N3O5/c1-14(2,3)21-13(20)17-6-4-16(5-7-17)9-10-8-11(12(18)19)15-22-10/h8H,4-7,9H2,1-3H3,(H,18,19). The van der Waals surface area contributed by atoms with Crippen molar-refractivity contribution in [3.63, 3.8) is 0 Å². The summed E-state index contributed by atoms with van der Waals surface area (Å²) in [5.74, 6) is -0.604. The van der Waals surface area contributed by atoms with Crippen molar-refractivity contribution < 1.29 is 24.0 Å². The van der Waals surface area contributed by atoms with E-state index in [-0.39, 0.29) is 11.8 Å². The highest BCUT2D eigenvalue weighted by molar-refractivity contribution is 5.85. The molecule has 1 N–H and O–H groups in total. The number of aromatic carboxylic acids is 1. The van der Waals surface area contributed by atoms with Crippen molar-refractivity contribution in [1.29, 1.82) is 0 Å². The Kier molecular flexibility index (Phi) is 4.70. The summed E-state index contributed by atoms with van der Waals surface area (Å²) in [5.41, 5.74) is -0.594. The van der Waals surface area contributed by atoms with Gasteiger partial charge < -0.3 is 19.3 Å². The van der Waals surface area contributed by atoms with Crippen LogP contribution in [0, 0.1) is 0 Å². The Morgan fingerprint density at radius 2 is 1.95 bits per heavy atom. The maximum Gasteiger partial charge on any atom is 0.410 e. The molecule has 0 unspecified atom stereocenters. The maximum atomic E-state index is 11.9. The van der Waals surface area contributed by atoms with Crippen molar-refractivity contribution in [1.82, 2.24) is 15.0 Å². The molecule has 1 saturated heterocycles. The Labute approximate surface area is 128 Å². The lowest BCUT2D eigenvalue weighted by Crippen LogP contribution is -2.49. The van der Waals surface area contributed by atoms with Gasteiger partial charge in [-0.2, -0.15) is 0 Å². The van der Waals surface area contributed by atoms with Crippen LogP contribution in [0.1, 0.15) is 37.0 Å². The summed E-state index contributed by atoms with van der Waals surface area (Å²) in [7, 11) is 0. The van der Waals surface area contributed by atoms with Gasteiger partial charge in [0.15, 0.2) is 11.5 Å². The zero-order valence-electron chi connectivity index (χ0n) is 13.0. The molecule has 0 aromatic carbocycles. The van der Waals surface area contributed by atoms with E-state index in [1.807, 2.05) is 20.8 Å². The maximum absolute atomic E-state index is 11.9. The zero-order chi connectivity index (χ0) is 16.3. The number of ether oxygens (including phenoxy) is 1. The fourth-order valence-corrected chi connectivity index (χ4v) is 2.12. The van der Waals surface area contributed by atoms with Crippen LogP contribution in [-0.2, 0) is 11.3 Å². The van der Waals surface area contributed by atoms with E-state index in [0.29, 0.717) is 38.5 Å². The average molecular weight is 311 g/mol. The smallest absolute Gasteiger partial charge is 0.410 e. The van der Waals surface area contributed by atoms with E-state index in [0.717, 1.165) is 0 Å². The molecule has 1 aromatic heterocycles. The highest BCUT2D eigenvalue weighted by Crippen LogP contribution is 2.14. The second-order valence-electron chi connectivity index (χ2n) is 6.23. The first-order chi connectivity index (χ1) is 10.2. The highest BCUT2D eigenvalue weighted by atomic mass is 16.6. The number of piperazine rings is 1. The third-order valence-corrected chi connectivity index (χ3v) is 3.18. The molecule has 1 aliphatic rings. The highest BCUT2D eigenvalue weighted by Gasteiger charge is 2.26. The van der Waals surface area contributed by atoms with Crippen LogP contribution in [0.5, 0.6) is 0 Å². The van der Waals surface area contributed by atoms with Gasteiger partial charge in [-0.15, -0.1) is 0 Å². The van der Waals surface area contributed by atoms with Gasteiger partial charge in [0.05, 0.1) is 6.54 Å². The first-order valence-electron chi connectivity index (χ1n) is 7.14. The van der Waals surface area contributed by atoms with Gasteiger partial charge in [-0.25, -0.2) is 9.59 Å². The average Bonchev–Trinajstić information content (AvgIpc) is 2.86. The normalized spacial score (nSPS) is 16.6. The van der Waals surface area contributed by atoms with Crippen molar-refractivity contribution in [2.24, 2.45) is 0 Å².